The molecule has 1 aliphatic rings. The Morgan fingerprint density at radius 3 is 2.76 bits per heavy atom. The van der Waals surface area contributed by atoms with Crippen molar-refractivity contribution in [3.63, 3.8) is 0 Å². The minimum Gasteiger partial charge on any atom is -0.326 e. The van der Waals surface area contributed by atoms with E-state index >= 15 is 0 Å². The van der Waals surface area contributed by atoms with Crippen molar-refractivity contribution in [1.29, 1.82) is 0 Å². The van der Waals surface area contributed by atoms with Crippen LogP contribution in [-0.4, -0.2) is 25.2 Å². The molecule has 7 heteroatoms. The average Bonchev–Trinajstić information content (AvgIpc) is 2.38. The number of alkyl halides is 3. The molecule has 2 N–H and O–H groups in total. The lowest BCUT2D eigenvalue weighted by Gasteiger charge is -2.22. The van der Waals surface area contributed by atoms with Crippen LogP contribution in [0.1, 0.15) is 18.4 Å². The fourth-order valence-electron chi connectivity index (χ4n) is 2.31. The Balaban J connectivity index is 0.00000220. The molecule has 0 bridgehead atoms. The average molecular weight is 323 g/mol. The van der Waals surface area contributed by atoms with E-state index in [1.165, 1.54) is 18.2 Å². The van der Waals surface area contributed by atoms with E-state index < -0.39 is 12.6 Å². The maximum absolute atomic E-state index is 12.3. The molecule has 3 nitrogen and oxygen atoms in total. The summed E-state index contributed by atoms with van der Waals surface area (Å²) in [5.74, 6) is -0.253. The van der Waals surface area contributed by atoms with Gasteiger partial charge in [-0.15, -0.1) is 12.4 Å². The molecule has 0 saturated carbocycles. The molecule has 0 radical (unpaired) electrons. The van der Waals surface area contributed by atoms with Crippen LogP contribution in [0.2, 0.25) is 0 Å². The second-order valence-corrected chi connectivity index (χ2v) is 5.02. The molecular weight excluding hydrogens is 305 g/mol. The number of hydrogen-bond acceptors (Lipinski definition) is 2. The monoisotopic (exact) mass is 322 g/mol. The fraction of sp³-hybridized carbons (Fsp3) is 0.500. The van der Waals surface area contributed by atoms with E-state index in [-0.39, 0.29) is 29.8 Å². The van der Waals surface area contributed by atoms with Crippen LogP contribution < -0.4 is 10.6 Å². The number of anilines is 1. The molecule has 1 fully saturated rings. The molecule has 1 heterocycles. The van der Waals surface area contributed by atoms with Crippen molar-refractivity contribution in [3.8, 4) is 0 Å². The molecule has 2 rings (SSSR count). The smallest absolute Gasteiger partial charge is 0.326 e. The second-order valence-electron chi connectivity index (χ2n) is 5.02. The first-order valence-corrected chi connectivity index (χ1v) is 6.61. The zero-order chi connectivity index (χ0) is 14.6. The van der Waals surface area contributed by atoms with Crippen LogP contribution in [0.15, 0.2) is 24.3 Å². The topological polar surface area (TPSA) is 41.1 Å². The molecule has 0 aromatic heterocycles. The van der Waals surface area contributed by atoms with Crippen molar-refractivity contribution in [2.75, 3.05) is 18.4 Å². The maximum Gasteiger partial charge on any atom is 0.393 e. The van der Waals surface area contributed by atoms with Crippen LogP contribution in [0.25, 0.3) is 0 Å². The number of carbonyl (C=O) groups is 1. The summed E-state index contributed by atoms with van der Waals surface area (Å²) < 4.78 is 37.0. The van der Waals surface area contributed by atoms with Gasteiger partial charge in [0, 0.05) is 12.2 Å². The molecule has 1 saturated heterocycles. The summed E-state index contributed by atoms with van der Waals surface area (Å²) >= 11 is 0. The van der Waals surface area contributed by atoms with Crippen molar-refractivity contribution in [2.45, 2.75) is 25.4 Å². The molecule has 1 atom stereocenters. The normalized spacial score (nSPS) is 18.7. The maximum atomic E-state index is 12.3. The number of carbonyl (C=O) groups excluding carboxylic acids is 1. The van der Waals surface area contributed by atoms with Gasteiger partial charge in [0.15, 0.2) is 0 Å². The van der Waals surface area contributed by atoms with Crippen molar-refractivity contribution in [1.82, 2.24) is 5.32 Å². The van der Waals surface area contributed by atoms with E-state index in [4.69, 9.17) is 0 Å². The summed E-state index contributed by atoms with van der Waals surface area (Å²) in [5, 5.41) is 5.83. The SMILES string of the molecule is Cl.O=C(Nc1cccc(CC(F)(F)F)c1)C1CCCNC1. The van der Waals surface area contributed by atoms with Gasteiger partial charge in [-0.3, -0.25) is 4.79 Å². The van der Waals surface area contributed by atoms with Crippen LogP contribution in [0.5, 0.6) is 0 Å². The van der Waals surface area contributed by atoms with E-state index in [1.807, 2.05) is 0 Å². The van der Waals surface area contributed by atoms with Crippen molar-refractivity contribution < 1.29 is 18.0 Å². The zero-order valence-electron chi connectivity index (χ0n) is 11.4. The minimum absolute atomic E-state index is 0. The summed E-state index contributed by atoms with van der Waals surface area (Å²) in [6, 6.07) is 5.91. The standard InChI is InChI=1S/C14H17F3N2O.ClH/c15-14(16,17)8-10-3-1-5-12(7-10)19-13(20)11-4-2-6-18-9-11;/h1,3,5,7,11,18H,2,4,6,8-9H2,(H,19,20);1H. The molecule has 21 heavy (non-hydrogen) atoms. The number of amides is 1. The van der Waals surface area contributed by atoms with Crippen LogP contribution in [-0.2, 0) is 11.2 Å². The van der Waals surface area contributed by atoms with Gasteiger partial charge in [0.1, 0.15) is 0 Å². The lowest BCUT2D eigenvalue weighted by atomic mass is 9.98. The first kappa shape index (κ1) is 17.8. The summed E-state index contributed by atoms with van der Waals surface area (Å²) in [4.78, 5) is 12.0. The molecule has 1 aliphatic heterocycles. The van der Waals surface area contributed by atoms with Gasteiger partial charge in [0.05, 0.1) is 12.3 Å². The van der Waals surface area contributed by atoms with Crippen LogP contribution in [0.3, 0.4) is 0 Å². The van der Waals surface area contributed by atoms with Gasteiger partial charge in [-0.25, -0.2) is 0 Å². The largest absolute Gasteiger partial charge is 0.393 e. The number of rotatable bonds is 3. The Bertz CT molecular complexity index is 474. The highest BCUT2D eigenvalue weighted by atomic mass is 35.5. The van der Waals surface area contributed by atoms with Crippen LogP contribution in [0, 0.1) is 5.92 Å². The third kappa shape index (κ3) is 5.93. The number of benzene rings is 1. The highest BCUT2D eigenvalue weighted by molar-refractivity contribution is 5.92. The second kappa shape index (κ2) is 7.66. The first-order valence-electron chi connectivity index (χ1n) is 6.61. The van der Waals surface area contributed by atoms with Gasteiger partial charge >= 0.3 is 6.18 Å². The number of hydrogen-bond donors (Lipinski definition) is 2. The fourth-order valence-corrected chi connectivity index (χ4v) is 2.31. The van der Waals surface area contributed by atoms with Gasteiger partial charge in [0.25, 0.3) is 0 Å². The van der Waals surface area contributed by atoms with E-state index in [1.54, 1.807) is 6.07 Å². The molecule has 0 spiro atoms. The lowest BCUT2D eigenvalue weighted by molar-refractivity contribution is -0.127. The molecule has 0 aliphatic carbocycles. The highest BCUT2D eigenvalue weighted by Gasteiger charge is 2.27. The van der Waals surface area contributed by atoms with Gasteiger partial charge in [-0.2, -0.15) is 13.2 Å². The van der Waals surface area contributed by atoms with Gasteiger partial charge in [-0.1, -0.05) is 12.1 Å². The lowest BCUT2D eigenvalue weighted by Crippen LogP contribution is -2.37. The molecule has 1 unspecified atom stereocenters. The third-order valence-electron chi connectivity index (χ3n) is 3.27. The Hall–Kier alpha value is -1.27. The van der Waals surface area contributed by atoms with E-state index in [0.29, 0.717) is 12.2 Å². The quantitative estimate of drug-likeness (QED) is 0.897. The molecule has 1 amide bonds. The molecular formula is C14H18ClF3N2O. The molecule has 1 aromatic carbocycles. The van der Waals surface area contributed by atoms with Gasteiger partial charge in [0.2, 0.25) is 5.91 Å². The van der Waals surface area contributed by atoms with E-state index in [9.17, 15) is 18.0 Å². The van der Waals surface area contributed by atoms with E-state index in [0.717, 1.165) is 19.4 Å². The third-order valence-corrected chi connectivity index (χ3v) is 3.27. The summed E-state index contributed by atoms with van der Waals surface area (Å²) in [7, 11) is 0. The van der Waals surface area contributed by atoms with Crippen LogP contribution in [0.4, 0.5) is 18.9 Å². The Kier molecular flexibility index (Phi) is 6.48. The number of piperidine rings is 1. The van der Waals surface area contributed by atoms with Gasteiger partial charge in [-0.05, 0) is 37.1 Å². The van der Waals surface area contributed by atoms with Crippen LogP contribution >= 0.6 is 12.4 Å². The minimum atomic E-state index is -4.24. The molecule has 118 valence electrons. The predicted octanol–water partition coefficient (Wildman–Crippen LogP) is 3.15. The van der Waals surface area contributed by atoms with Crippen molar-refractivity contribution in [2.24, 2.45) is 5.92 Å². The summed E-state index contributed by atoms with van der Waals surface area (Å²) in [6.45, 7) is 1.53. The number of halogens is 4. The highest BCUT2D eigenvalue weighted by Crippen LogP contribution is 2.23. The molecule has 1 aromatic rings. The summed E-state index contributed by atoms with van der Waals surface area (Å²) in [6.07, 6.45) is -3.48. The predicted molar refractivity (Wildman–Crippen MR) is 77.7 cm³/mol. The Morgan fingerprint density at radius 1 is 1.38 bits per heavy atom. The first-order chi connectivity index (χ1) is 9.44. The Morgan fingerprint density at radius 2 is 2.14 bits per heavy atom. The number of nitrogens with one attached hydrogen (secondary N) is 2. The van der Waals surface area contributed by atoms with Gasteiger partial charge < -0.3 is 10.6 Å². The van der Waals surface area contributed by atoms with E-state index in [2.05, 4.69) is 10.6 Å². The Labute approximate surface area is 127 Å². The van der Waals surface area contributed by atoms with Crippen molar-refractivity contribution >= 4 is 24.0 Å². The summed E-state index contributed by atoms with van der Waals surface area (Å²) in [5.41, 5.74) is 0.569. The van der Waals surface area contributed by atoms with Crippen molar-refractivity contribution in [3.05, 3.63) is 29.8 Å². The zero-order valence-corrected chi connectivity index (χ0v) is 12.2.